The Hall–Kier alpha value is -1.26. The molecule has 94 valence electrons. The van der Waals surface area contributed by atoms with E-state index in [0.29, 0.717) is 11.6 Å². The van der Waals surface area contributed by atoms with E-state index in [-0.39, 0.29) is 12.5 Å². The predicted octanol–water partition coefficient (Wildman–Crippen LogP) is 1.57. The van der Waals surface area contributed by atoms with Crippen molar-refractivity contribution in [2.75, 3.05) is 20.7 Å². The lowest BCUT2D eigenvalue weighted by Crippen LogP contribution is -2.30. The van der Waals surface area contributed by atoms with E-state index >= 15 is 0 Å². The zero-order valence-corrected chi connectivity index (χ0v) is 11.0. The van der Waals surface area contributed by atoms with E-state index in [1.165, 1.54) is 0 Å². The summed E-state index contributed by atoms with van der Waals surface area (Å²) in [5.41, 5.74) is 7.06. The molecule has 2 N–H and O–H groups in total. The number of amides is 1. The second kappa shape index (κ2) is 5.89. The summed E-state index contributed by atoms with van der Waals surface area (Å²) < 4.78 is 5.34. The van der Waals surface area contributed by atoms with Gasteiger partial charge >= 0.3 is 0 Å². The van der Waals surface area contributed by atoms with E-state index in [2.05, 4.69) is 0 Å². The number of ether oxygens (including phenoxy) is 1. The first-order valence-corrected chi connectivity index (χ1v) is 5.61. The molecule has 0 saturated carbocycles. The van der Waals surface area contributed by atoms with E-state index in [9.17, 15) is 4.79 Å². The van der Waals surface area contributed by atoms with Gasteiger partial charge in [-0.1, -0.05) is 11.6 Å². The molecule has 0 aliphatic carbocycles. The smallest absolute Gasteiger partial charge is 0.231 e. The molecule has 1 amide bonds. The van der Waals surface area contributed by atoms with E-state index in [1.54, 1.807) is 7.11 Å². The van der Waals surface area contributed by atoms with E-state index in [4.69, 9.17) is 22.1 Å². The monoisotopic (exact) mass is 256 g/mol. The lowest BCUT2D eigenvalue weighted by Gasteiger charge is -2.18. The largest absolute Gasteiger partial charge is 0.496 e. The van der Waals surface area contributed by atoms with Crippen LogP contribution in [-0.2, 0) is 11.3 Å². The minimum Gasteiger partial charge on any atom is -0.496 e. The highest BCUT2D eigenvalue weighted by Gasteiger charge is 2.11. The van der Waals surface area contributed by atoms with Crippen LogP contribution in [0.15, 0.2) is 12.1 Å². The van der Waals surface area contributed by atoms with Crippen molar-refractivity contribution in [3.63, 3.8) is 0 Å². The van der Waals surface area contributed by atoms with Crippen molar-refractivity contribution >= 4 is 17.5 Å². The number of likely N-dealkylation sites (N-methyl/N-ethyl adjacent to an activating group) is 1. The summed E-state index contributed by atoms with van der Waals surface area (Å²) in [7, 11) is 3.44. The third kappa shape index (κ3) is 3.91. The van der Waals surface area contributed by atoms with Crippen LogP contribution < -0.4 is 10.5 Å². The fourth-order valence-electron chi connectivity index (χ4n) is 1.82. The summed E-state index contributed by atoms with van der Waals surface area (Å²) >= 11 is 6.00. The third-order valence-corrected chi connectivity index (χ3v) is 2.60. The van der Waals surface area contributed by atoms with Crippen molar-refractivity contribution < 1.29 is 9.53 Å². The number of hydrogen-bond donors (Lipinski definition) is 1. The Bertz CT molecular complexity index is 421. The van der Waals surface area contributed by atoms with Gasteiger partial charge in [0.2, 0.25) is 5.91 Å². The number of carbonyl (C=O) groups is 1. The number of carbonyl (C=O) groups excluding carboxylic acids is 1. The Morgan fingerprint density at radius 3 is 2.71 bits per heavy atom. The highest BCUT2D eigenvalue weighted by molar-refractivity contribution is 6.30. The van der Waals surface area contributed by atoms with Crippen LogP contribution in [0.5, 0.6) is 5.75 Å². The molecule has 4 nitrogen and oxygen atoms in total. The topological polar surface area (TPSA) is 55.6 Å². The minimum atomic E-state index is -0.356. The molecule has 0 fully saturated rings. The van der Waals surface area contributed by atoms with E-state index in [0.717, 1.165) is 16.9 Å². The number of aryl methyl sites for hydroxylation is 1. The van der Waals surface area contributed by atoms with Gasteiger partial charge in [0.05, 0.1) is 13.7 Å². The fraction of sp³-hybridized carbons (Fsp3) is 0.417. The maximum absolute atomic E-state index is 10.8. The average molecular weight is 257 g/mol. The number of rotatable bonds is 5. The molecule has 0 aliphatic rings. The summed E-state index contributed by atoms with van der Waals surface area (Å²) in [6, 6.07) is 3.68. The van der Waals surface area contributed by atoms with Crippen molar-refractivity contribution in [1.29, 1.82) is 0 Å². The van der Waals surface area contributed by atoms with Crippen LogP contribution in [0.1, 0.15) is 11.1 Å². The van der Waals surface area contributed by atoms with Gasteiger partial charge in [-0.05, 0) is 31.7 Å². The first kappa shape index (κ1) is 13.8. The normalized spacial score (nSPS) is 10.6. The molecule has 1 aromatic carbocycles. The fourth-order valence-corrected chi connectivity index (χ4v) is 2.12. The van der Waals surface area contributed by atoms with Crippen molar-refractivity contribution in [2.24, 2.45) is 5.73 Å². The number of hydrogen-bond acceptors (Lipinski definition) is 3. The first-order chi connectivity index (χ1) is 7.93. The molecule has 0 atom stereocenters. The molecule has 0 saturated heterocycles. The number of halogens is 1. The number of nitrogens with two attached hydrogens (primary N) is 1. The Balaban J connectivity index is 2.92. The molecule has 0 spiro atoms. The van der Waals surface area contributed by atoms with Crippen molar-refractivity contribution in [3.05, 3.63) is 28.3 Å². The van der Waals surface area contributed by atoms with Gasteiger partial charge in [0, 0.05) is 17.1 Å². The quantitative estimate of drug-likeness (QED) is 0.870. The molecule has 17 heavy (non-hydrogen) atoms. The number of primary amides is 1. The van der Waals surface area contributed by atoms with Crippen molar-refractivity contribution in [3.8, 4) is 5.75 Å². The maximum atomic E-state index is 10.8. The van der Waals surface area contributed by atoms with Crippen LogP contribution in [-0.4, -0.2) is 31.5 Å². The summed E-state index contributed by atoms with van der Waals surface area (Å²) in [4.78, 5) is 12.6. The SMILES string of the molecule is COc1c(C)cc(Cl)cc1CN(C)CC(N)=O. The molecular weight excluding hydrogens is 240 g/mol. The number of benzene rings is 1. The lowest BCUT2D eigenvalue weighted by atomic mass is 10.1. The van der Waals surface area contributed by atoms with Gasteiger partial charge in [0.1, 0.15) is 5.75 Å². The van der Waals surface area contributed by atoms with Gasteiger partial charge in [-0.15, -0.1) is 0 Å². The molecule has 5 heteroatoms. The van der Waals surface area contributed by atoms with Crippen LogP contribution in [0.25, 0.3) is 0 Å². The molecule has 0 aliphatic heterocycles. The molecule has 0 radical (unpaired) electrons. The van der Waals surface area contributed by atoms with E-state index < -0.39 is 0 Å². The second-order valence-corrected chi connectivity index (χ2v) is 4.49. The Morgan fingerprint density at radius 2 is 2.18 bits per heavy atom. The summed E-state index contributed by atoms with van der Waals surface area (Å²) in [5, 5.41) is 0.658. The number of methoxy groups -OCH3 is 1. The predicted molar refractivity (Wildman–Crippen MR) is 68.3 cm³/mol. The molecule has 1 rings (SSSR count). The standard InChI is InChI=1S/C12H17ClN2O2/c1-8-4-10(13)5-9(12(8)17-3)6-15(2)7-11(14)16/h4-5H,6-7H2,1-3H3,(H2,14,16). The lowest BCUT2D eigenvalue weighted by molar-refractivity contribution is -0.118. The van der Waals surface area contributed by atoms with Gasteiger partial charge in [-0.2, -0.15) is 0 Å². The average Bonchev–Trinajstić information content (AvgIpc) is 2.15. The highest BCUT2D eigenvalue weighted by atomic mass is 35.5. The molecule has 0 bridgehead atoms. The molecule has 1 aromatic rings. The Labute approximate surface area is 106 Å². The van der Waals surface area contributed by atoms with Crippen LogP contribution in [0.2, 0.25) is 5.02 Å². The molecular formula is C12H17ClN2O2. The van der Waals surface area contributed by atoms with Crippen molar-refractivity contribution in [1.82, 2.24) is 4.90 Å². The Morgan fingerprint density at radius 1 is 1.53 bits per heavy atom. The minimum absolute atomic E-state index is 0.203. The van der Waals surface area contributed by atoms with Gasteiger partial charge in [0.25, 0.3) is 0 Å². The summed E-state index contributed by atoms with van der Waals surface area (Å²) in [6.45, 7) is 2.70. The molecule has 0 unspecified atom stereocenters. The van der Waals surface area contributed by atoms with Crippen LogP contribution in [0.3, 0.4) is 0 Å². The van der Waals surface area contributed by atoms with Gasteiger partial charge in [-0.25, -0.2) is 0 Å². The third-order valence-electron chi connectivity index (χ3n) is 2.39. The number of nitrogens with zero attached hydrogens (tertiary/aromatic N) is 1. The second-order valence-electron chi connectivity index (χ2n) is 4.05. The van der Waals surface area contributed by atoms with Crippen LogP contribution in [0, 0.1) is 6.92 Å². The zero-order valence-electron chi connectivity index (χ0n) is 10.3. The summed E-state index contributed by atoms with van der Waals surface area (Å²) in [5.74, 6) is 0.441. The van der Waals surface area contributed by atoms with Gasteiger partial charge < -0.3 is 10.5 Å². The first-order valence-electron chi connectivity index (χ1n) is 5.24. The van der Waals surface area contributed by atoms with Crippen LogP contribution >= 0.6 is 11.6 Å². The van der Waals surface area contributed by atoms with Crippen molar-refractivity contribution in [2.45, 2.75) is 13.5 Å². The van der Waals surface area contributed by atoms with Gasteiger partial charge in [-0.3, -0.25) is 9.69 Å². The van der Waals surface area contributed by atoms with E-state index in [1.807, 2.05) is 31.0 Å². The van der Waals surface area contributed by atoms with Crippen LogP contribution in [0.4, 0.5) is 0 Å². The van der Waals surface area contributed by atoms with Gasteiger partial charge in [0.15, 0.2) is 0 Å². The maximum Gasteiger partial charge on any atom is 0.231 e. The summed E-state index contributed by atoms with van der Waals surface area (Å²) in [6.07, 6.45) is 0. The highest BCUT2D eigenvalue weighted by Crippen LogP contribution is 2.28. The molecule has 0 heterocycles. The Kier molecular flexibility index (Phi) is 4.78. The zero-order chi connectivity index (χ0) is 13.0. The molecule has 0 aromatic heterocycles.